The highest BCUT2D eigenvalue weighted by molar-refractivity contribution is 6.17. The molecule has 0 saturated heterocycles. The summed E-state index contributed by atoms with van der Waals surface area (Å²) in [5, 5.41) is 6.32. The number of para-hydroxylation sites is 2. The summed E-state index contributed by atoms with van der Waals surface area (Å²) < 4.78 is 2.39. The van der Waals surface area contributed by atoms with Crippen molar-refractivity contribution in [2.24, 2.45) is 9.98 Å². The molecule has 2 heterocycles. The Balaban J connectivity index is 1.17. The van der Waals surface area contributed by atoms with E-state index in [1.54, 1.807) is 0 Å². The van der Waals surface area contributed by atoms with E-state index < -0.39 is 5.41 Å². The summed E-state index contributed by atoms with van der Waals surface area (Å²) in [7, 11) is 0. The highest BCUT2D eigenvalue weighted by Gasteiger charge is 2.48. The monoisotopic (exact) mass is 794 g/mol. The van der Waals surface area contributed by atoms with E-state index in [9.17, 15) is 0 Å². The molecule has 9 aromatic rings. The quantitative estimate of drug-likeness (QED) is 0.172. The van der Waals surface area contributed by atoms with Gasteiger partial charge in [-0.3, -0.25) is 0 Å². The van der Waals surface area contributed by atoms with Crippen LogP contribution in [0, 0.1) is 0 Å². The zero-order valence-electron chi connectivity index (χ0n) is 34.1. The molecule has 0 spiro atoms. The second kappa shape index (κ2) is 14.7. The summed E-state index contributed by atoms with van der Waals surface area (Å²) in [6.45, 7) is 0. The van der Waals surface area contributed by atoms with Crippen LogP contribution in [0.4, 0.5) is 0 Å². The van der Waals surface area contributed by atoms with E-state index in [0.29, 0.717) is 5.84 Å². The maximum absolute atomic E-state index is 5.47. The van der Waals surface area contributed by atoms with Crippen molar-refractivity contribution in [2.45, 2.75) is 24.4 Å². The van der Waals surface area contributed by atoms with E-state index in [1.165, 1.54) is 55.2 Å². The van der Waals surface area contributed by atoms with Gasteiger partial charge in [0, 0.05) is 27.6 Å². The fourth-order valence-corrected chi connectivity index (χ4v) is 10.2. The number of hydrogen-bond donors (Lipinski definition) is 1. The summed E-state index contributed by atoms with van der Waals surface area (Å²) in [5.74, 6) is 1.51. The van der Waals surface area contributed by atoms with Crippen LogP contribution in [0.15, 0.2) is 234 Å². The van der Waals surface area contributed by atoms with Crippen molar-refractivity contribution in [1.82, 2.24) is 9.88 Å². The van der Waals surface area contributed by atoms with Crippen molar-refractivity contribution in [3.63, 3.8) is 0 Å². The van der Waals surface area contributed by atoms with E-state index in [1.807, 2.05) is 6.07 Å². The molecule has 62 heavy (non-hydrogen) atoms. The summed E-state index contributed by atoms with van der Waals surface area (Å²) in [6.07, 6.45) is 8.89. The molecule has 8 aromatic carbocycles. The van der Waals surface area contributed by atoms with Crippen molar-refractivity contribution >= 4 is 33.5 Å². The SMILES string of the molecule is C1=CC(C2(c3ccccc3)c3ccccc3-c3c(C4=NC(c5ccccc5)=NC(c5ccccc5)N4)cc(-c4ccc5c(c4)c4ccccc4n5-c4ccccc4)cc32)=CCC1. The lowest BCUT2D eigenvalue weighted by atomic mass is 9.66. The van der Waals surface area contributed by atoms with E-state index in [4.69, 9.17) is 9.98 Å². The van der Waals surface area contributed by atoms with Crippen LogP contribution in [0.3, 0.4) is 0 Å². The third-order valence-corrected chi connectivity index (χ3v) is 12.9. The number of hydrogen-bond acceptors (Lipinski definition) is 3. The highest BCUT2D eigenvalue weighted by Crippen LogP contribution is 2.59. The molecule has 4 heteroatoms. The first-order valence-electron chi connectivity index (χ1n) is 21.6. The predicted molar refractivity (Wildman–Crippen MR) is 256 cm³/mol. The Morgan fingerprint density at radius 3 is 2.02 bits per heavy atom. The molecule has 0 amide bonds. The molecule has 12 rings (SSSR count). The maximum atomic E-state index is 5.47. The van der Waals surface area contributed by atoms with E-state index in [-0.39, 0.29) is 6.17 Å². The third-order valence-electron chi connectivity index (χ3n) is 12.9. The van der Waals surface area contributed by atoms with E-state index >= 15 is 0 Å². The van der Waals surface area contributed by atoms with Gasteiger partial charge in [-0.05, 0) is 105 Å². The van der Waals surface area contributed by atoms with Gasteiger partial charge in [-0.25, -0.2) is 9.98 Å². The summed E-state index contributed by atoms with van der Waals surface area (Å²) in [6, 6.07) is 72.4. The van der Waals surface area contributed by atoms with Gasteiger partial charge in [0.05, 0.1) is 16.4 Å². The number of allylic oxidation sites excluding steroid dienone is 4. The van der Waals surface area contributed by atoms with Gasteiger partial charge in [-0.15, -0.1) is 0 Å². The van der Waals surface area contributed by atoms with Crippen LogP contribution >= 0.6 is 0 Å². The molecule has 0 radical (unpaired) electrons. The van der Waals surface area contributed by atoms with Crippen LogP contribution in [0.1, 0.15) is 52.4 Å². The largest absolute Gasteiger partial charge is 0.344 e. The Bertz CT molecular complexity index is 3300. The number of fused-ring (bicyclic) bond motifs is 6. The lowest BCUT2D eigenvalue weighted by Gasteiger charge is -2.36. The van der Waals surface area contributed by atoms with Crippen LogP contribution in [0.2, 0.25) is 0 Å². The van der Waals surface area contributed by atoms with Crippen LogP contribution in [0.25, 0.3) is 49.7 Å². The fraction of sp³-hybridized carbons (Fsp3) is 0.0690. The molecule has 1 aromatic heterocycles. The Kier molecular flexibility index (Phi) is 8.56. The molecule has 1 aliphatic heterocycles. The Labute approximate surface area is 361 Å². The number of nitrogens with zero attached hydrogens (tertiary/aromatic N) is 3. The lowest BCUT2D eigenvalue weighted by molar-refractivity contribution is 0.674. The van der Waals surface area contributed by atoms with Gasteiger partial charge >= 0.3 is 0 Å². The van der Waals surface area contributed by atoms with Crippen molar-refractivity contribution in [1.29, 1.82) is 0 Å². The van der Waals surface area contributed by atoms with Crippen molar-refractivity contribution < 1.29 is 0 Å². The van der Waals surface area contributed by atoms with Crippen LogP contribution in [0.5, 0.6) is 0 Å². The number of amidine groups is 2. The summed E-state index contributed by atoms with van der Waals surface area (Å²) in [5.41, 5.74) is 15.9. The molecule has 2 atom stereocenters. The average Bonchev–Trinajstić information content (AvgIpc) is 3.85. The topological polar surface area (TPSA) is 41.7 Å². The molecule has 0 fully saturated rings. The average molecular weight is 795 g/mol. The number of aliphatic imine (C=N–C) groups is 2. The second-order valence-corrected chi connectivity index (χ2v) is 16.4. The standard InChI is InChI=1S/C58H42N4/c1-6-20-39(21-7-1)55-59-56(40-22-8-2-9-23-40)61-57(60-55)49-37-42(41-34-35-53-48(36-41)46-30-17-19-33-52(46)62(53)45-28-14-5-15-29-45)38-51-54(49)47-31-16-18-32-50(47)58(51,43-24-10-3-11-25-43)44-26-12-4-13-27-44/h1-3,5-12,14-38,55H,4,13H2,(H,59,60,61). The van der Waals surface area contributed by atoms with Crippen LogP contribution in [-0.2, 0) is 5.41 Å². The molecular formula is C58H42N4. The third kappa shape index (κ3) is 5.68. The number of aromatic nitrogens is 1. The number of nitrogens with one attached hydrogen (secondary N) is 1. The molecule has 2 aliphatic carbocycles. The molecular weight excluding hydrogens is 753 g/mol. The fourth-order valence-electron chi connectivity index (χ4n) is 10.2. The summed E-state index contributed by atoms with van der Waals surface area (Å²) in [4.78, 5) is 10.7. The molecule has 3 aliphatic rings. The minimum atomic E-state index is -0.563. The Morgan fingerprint density at radius 2 is 1.23 bits per heavy atom. The smallest absolute Gasteiger partial charge is 0.159 e. The summed E-state index contributed by atoms with van der Waals surface area (Å²) >= 11 is 0. The van der Waals surface area contributed by atoms with Gasteiger partial charge in [0.1, 0.15) is 12.0 Å². The minimum absolute atomic E-state index is 0.335. The van der Waals surface area contributed by atoms with Gasteiger partial charge in [0.25, 0.3) is 0 Å². The van der Waals surface area contributed by atoms with Gasteiger partial charge in [0.15, 0.2) is 5.84 Å². The van der Waals surface area contributed by atoms with Crippen molar-refractivity contribution in [3.05, 3.63) is 257 Å². The zero-order valence-corrected chi connectivity index (χ0v) is 34.1. The molecule has 0 bridgehead atoms. The Morgan fingerprint density at radius 1 is 0.532 bits per heavy atom. The Hall–Kier alpha value is -7.82. The maximum Gasteiger partial charge on any atom is 0.159 e. The number of rotatable bonds is 7. The lowest BCUT2D eigenvalue weighted by Crippen LogP contribution is -2.34. The van der Waals surface area contributed by atoms with Gasteiger partial charge < -0.3 is 9.88 Å². The first-order valence-corrected chi connectivity index (χ1v) is 21.6. The molecule has 294 valence electrons. The van der Waals surface area contributed by atoms with Crippen molar-refractivity contribution in [2.75, 3.05) is 0 Å². The first kappa shape index (κ1) is 36.1. The first-order chi connectivity index (χ1) is 30.8. The van der Waals surface area contributed by atoms with Crippen LogP contribution in [-0.4, -0.2) is 16.2 Å². The van der Waals surface area contributed by atoms with Gasteiger partial charge in [-0.1, -0.05) is 176 Å². The molecule has 2 unspecified atom stereocenters. The second-order valence-electron chi connectivity index (χ2n) is 16.4. The molecule has 4 nitrogen and oxygen atoms in total. The van der Waals surface area contributed by atoms with Gasteiger partial charge in [-0.2, -0.15) is 0 Å². The van der Waals surface area contributed by atoms with Crippen LogP contribution < -0.4 is 5.32 Å². The van der Waals surface area contributed by atoms with Gasteiger partial charge in [0.2, 0.25) is 0 Å². The number of benzene rings is 8. The molecule has 1 N–H and O–H groups in total. The molecule has 0 saturated carbocycles. The minimum Gasteiger partial charge on any atom is -0.344 e. The highest BCUT2D eigenvalue weighted by atomic mass is 15.2. The van der Waals surface area contributed by atoms with E-state index in [2.05, 4.69) is 222 Å². The van der Waals surface area contributed by atoms with E-state index in [0.717, 1.165) is 52.2 Å². The zero-order chi connectivity index (χ0) is 41.0. The predicted octanol–water partition coefficient (Wildman–Crippen LogP) is 13.5. The normalized spacial score (nSPS) is 17.8. The van der Waals surface area contributed by atoms with Crippen molar-refractivity contribution in [3.8, 4) is 27.9 Å².